The van der Waals surface area contributed by atoms with Gasteiger partial charge in [0.05, 0.1) is 11.7 Å². The smallest absolute Gasteiger partial charge is 0.254 e. The van der Waals surface area contributed by atoms with Crippen molar-refractivity contribution in [3.63, 3.8) is 0 Å². The van der Waals surface area contributed by atoms with E-state index in [1.807, 2.05) is 6.92 Å². The van der Waals surface area contributed by atoms with Gasteiger partial charge in [-0.15, -0.1) is 0 Å². The first-order valence-electron chi connectivity index (χ1n) is 7.19. The van der Waals surface area contributed by atoms with Crippen LogP contribution < -0.4 is 11.5 Å². The Morgan fingerprint density at radius 1 is 1.32 bits per heavy atom. The van der Waals surface area contributed by atoms with E-state index in [9.17, 15) is 4.79 Å². The van der Waals surface area contributed by atoms with E-state index >= 15 is 0 Å². The summed E-state index contributed by atoms with van der Waals surface area (Å²) in [6.07, 6.45) is 6.55. The Bertz CT molecular complexity index is 425. The number of anilines is 1. The molecule has 19 heavy (non-hydrogen) atoms. The highest BCUT2D eigenvalue weighted by atomic mass is 16.1. The molecular formula is C14H26N4O. The summed E-state index contributed by atoms with van der Waals surface area (Å²) in [5.41, 5.74) is 12.5. The van der Waals surface area contributed by atoms with E-state index in [4.69, 9.17) is 11.5 Å². The van der Waals surface area contributed by atoms with Gasteiger partial charge in [0, 0.05) is 0 Å². The van der Waals surface area contributed by atoms with Gasteiger partial charge in [-0.2, -0.15) is 5.10 Å². The molecule has 1 aromatic heterocycles. The number of primary amides is 1. The Morgan fingerprint density at radius 3 is 2.47 bits per heavy atom. The Labute approximate surface area is 115 Å². The van der Waals surface area contributed by atoms with Gasteiger partial charge in [0.15, 0.2) is 0 Å². The highest BCUT2D eigenvalue weighted by molar-refractivity contribution is 5.98. The summed E-state index contributed by atoms with van der Waals surface area (Å²) in [5, 5.41) is 4.44. The van der Waals surface area contributed by atoms with E-state index in [0.717, 1.165) is 12.8 Å². The van der Waals surface area contributed by atoms with E-state index in [1.165, 1.54) is 19.3 Å². The molecule has 5 nitrogen and oxygen atoms in total. The van der Waals surface area contributed by atoms with Gasteiger partial charge in [0.1, 0.15) is 11.4 Å². The van der Waals surface area contributed by atoms with Crippen LogP contribution in [-0.4, -0.2) is 15.7 Å². The number of nitrogens with zero attached hydrogens (tertiary/aromatic N) is 2. The molecule has 4 N–H and O–H groups in total. The van der Waals surface area contributed by atoms with Crippen molar-refractivity contribution in [3.8, 4) is 0 Å². The highest BCUT2D eigenvalue weighted by Crippen LogP contribution is 2.24. The largest absolute Gasteiger partial charge is 0.383 e. The van der Waals surface area contributed by atoms with Gasteiger partial charge >= 0.3 is 0 Å². The number of carbonyl (C=O) groups excluding carboxylic acids is 1. The molecule has 0 aliphatic rings. The predicted octanol–water partition coefficient (Wildman–Crippen LogP) is 2.66. The molecule has 0 radical (unpaired) electrons. The first kappa shape index (κ1) is 15.5. The number of rotatable bonds is 8. The molecule has 0 fully saturated rings. The van der Waals surface area contributed by atoms with Gasteiger partial charge in [0.25, 0.3) is 5.91 Å². The maximum Gasteiger partial charge on any atom is 0.254 e. The first-order valence-corrected chi connectivity index (χ1v) is 7.19. The first-order chi connectivity index (χ1) is 9.02. The normalized spacial score (nSPS) is 12.6. The fourth-order valence-corrected chi connectivity index (χ4v) is 2.34. The van der Waals surface area contributed by atoms with E-state index in [0.29, 0.717) is 23.5 Å². The zero-order chi connectivity index (χ0) is 14.4. The summed E-state index contributed by atoms with van der Waals surface area (Å²) in [5.74, 6) is -0.0777. The van der Waals surface area contributed by atoms with Crippen LogP contribution in [0, 0.1) is 0 Å². The molecule has 0 aromatic carbocycles. The van der Waals surface area contributed by atoms with Crippen molar-refractivity contribution < 1.29 is 4.79 Å². The molecule has 0 aliphatic carbocycles. The van der Waals surface area contributed by atoms with Gasteiger partial charge in [-0.05, 0) is 19.8 Å². The lowest BCUT2D eigenvalue weighted by Gasteiger charge is -2.13. The number of unbranched alkanes of at least 4 members (excludes halogenated alkanes) is 3. The third kappa shape index (κ3) is 3.72. The number of aryl methyl sites for hydroxylation is 1. The standard InChI is InChI=1S/C14H26N4O/c1-4-6-7-8-9-10(3)18-13(15)12(14(16)19)11(5-2)17-18/h10H,4-9,15H2,1-3H3,(H2,16,19). The van der Waals surface area contributed by atoms with Crippen molar-refractivity contribution >= 4 is 11.7 Å². The molecule has 0 saturated heterocycles. The average Bonchev–Trinajstić information content (AvgIpc) is 2.71. The van der Waals surface area contributed by atoms with Crippen LogP contribution in [-0.2, 0) is 6.42 Å². The Hall–Kier alpha value is -1.52. The lowest BCUT2D eigenvalue weighted by atomic mass is 10.1. The molecule has 1 unspecified atom stereocenters. The van der Waals surface area contributed by atoms with Crippen LogP contribution in [0.1, 0.15) is 75.0 Å². The summed E-state index contributed by atoms with van der Waals surface area (Å²) < 4.78 is 1.75. The molecule has 0 spiro atoms. The second-order valence-electron chi connectivity index (χ2n) is 5.07. The van der Waals surface area contributed by atoms with E-state index < -0.39 is 5.91 Å². The second-order valence-corrected chi connectivity index (χ2v) is 5.07. The molecule has 0 bridgehead atoms. The van der Waals surface area contributed by atoms with Crippen molar-refractivity contribution in [1.29, 1.82) is 0 Å². The van der Waals surface area contributed by atoms with Crippen molar-refractivity contribution in [3.05, 3.63) is 11.3 Å². The van der Waals surface area contributed by atoms with Crippen LogP contribution in [0.4, 0.5) is 5.82 Å². The van der Waals surface area contributed by atoms with Crippen LogP contribution in [0.3, 0.4) is 0 Å². The van der Waals surface area contributed by atoms with Crippen LogP contribution in [0.25, 0.3) is 0 Å². The third-order valence-electron chi connectivity index (χ3n) is 3.49. The van der Waals surface area contributed by atoms with E-state index in [-0.39, 0.29) is 6.04 Å². The Morgan fingerprint density at radius 2 is 2.00 bits per heavy atom. The van der Waals surface area contributed by atoms with Crippen LogP contribution in [0.2, 0.25) is 0 Å². The number of aromatic nitrogens is 2. The van der Waals surface area contributed by atoms with Crippen LogP contribution in [0.15, 0.2) is 0 Å². The lowest BCUT2D eigenvalue weighted by Crippen LogP contribution is -2.16. The van der Waals surface area contributed by atoms with Crippen molar-refractivity contribution in [2.75, 3.05) is 5.73 Å². The number of amides is 1. The molecule has 0 aliphatic heterocycles. The lowest BCUT2D eigenvalue weighted by molar-refractivity contribution is 0.1000. The zero-order valence-electron chi connectivity index (χ0n) is 12.3. The second kappa shape index (κ2) is 7.16. The minimum atomic E-state index is -0.487. The molecule has 1 atom stereocenters. The van der Waals surface area contributed by atoms with Crippen LogP contribution >= 0.6 is 0 Å². The maximum absolute atomic E-state index is 11.4. The molecule has 1 amide bonds. The fourth-order valence-electron chi connectivity index (χ4n) is 2.34. The summed E-state index contributed by atoms with van der Waals surface area (Å²) in [6.45, 7) is 6.23. The van der Waals surface area contributed by atoms with Crippen molar-refractivity contribution in [2.24, 2.45) is 5.73 Å². The minimum absolute atomic E-state index is 0.204. The number of hydrogen-bond donors (Lipinski definition) is 2. The summed E-state index contributed by atoms with van der Waals surface area (Å²) >= 11 is 0. The monoisotopic (exact) mass is 266 g/mol. The van der Waals surface area contributed by atoms with E-state index in [2.05, 4.69) is 18.9 Å². The average molecular weight is 266 g/mol. The summed E-state index contributed by atoms with van der Waals surface area (Å²) in [4.78, 5) is 11.4. The van der Waals surface area contributed by atoms with Crippen molar-refractivity contribution in [1.82, 2.24) is 9.78 Å². The fraction of sp³-hybridized carbons (Fsp3) is 0.714. The topological polar surface area (TPSA) is 86.9 Å². The molecule has 1 rings (SSSR count). The van der Waals surface area contributed by atoms with Crippen LogP contribution in [0.5, 0.6) is 0 Å². The number of nitrogens with two attached hydrogens (primary N) is 2. The summed E-state index contributed by atoms with van der Waals surface area (Å²) in [6, 6.07) is 0.204. The molecule has 5 heteroatoms. The predicted molar refractivity (Wildman–Crippen MR) is 78.0 cm³/mol. The van der Waals surface area contributed by atoms with Gasteiger partial charge in [-0.1, -0.05) is 39.5 Å². The third-order valence-corrected chi connectivity index (χ3v) is 3.49. The molecule has 1 aromatic rings. The number of carbonyl (C=O) groups is 1. The Balaban J connectivity index is 2.80. The minimum Gasteiger partial charge on any atom is -0.383 e. The van der Waals surface area contributed by atoms with Gasteiger partial charge in [-0.25, -0.2) is 4.68 Å². The van der Waals surface area contributed by atoms with Gasteiger partial charge in [-0.3, -0.25) is 4.79 Å². The van der Waals surface area contributed by atoms with Crippen molar-refractivity contribution in [2.45, 2.75) is 65.3 Å². The highest BCUT2D eigenvalue weighted by Gasteiger charge is 2.21. The quantitative estimate of drug-likeness (QED) is 0.709. The van der Waals surface area contributed by atoms with Gasteiger partial charge < -0.3 is 11.5 Å². The maximum atomic E-state index is 11.4. The van der Waals surface area contributed by atoms with Gasteiger partial charge in [0.2, 0.25) is 0 Å². The van der Waals surface area contributed by atoms with E-state index in [1.54, 1.807) is 4.68 Å². The molecule has 1 heterocycles. The number of nitrogen functional groups attached to an aromatic ring is 1. The SMILES string of the molecule is CCCCCCC(C)n1nc(CC)c(C(N)=O)c1N. The number of hydrogen-bond acceptors (Lipinski definition) is 3. The molecular weight excluding hydrogens is 240 g/mol. The Kier molecular flexibility index (Phi) is 5.86. The zero-order valence-corrected chi connectivity index (χ0v) is 12.3. The molecule has 108 valence electrons. The summed E-state index contributed by atoms with van der Waals surface area (Å²) in [7, 11) is 0. The molecule has 0 saturated carbocycles.